The highest BCUT2D eigenvalue weighted by Gasteiger charge is 2.22. The second-order valence-corrected chi connectivity index (χ2v) is 13.5. The van der Waals surface area contributed by atoms with Gasteiger partial charge >= 0.3 is 0 Å². The second kappa shape index (κ2) is 12.3. The predicted octanol–water partition coefficient (Wildman–Crippen LogP) is 13.4. The summed E-state index contributed by atoms with van der Waals surface area (Å²) in [5.41, 5.74) is 3.46. The second-order valence-electron chi connectivity index (χ2n) is 13.5. The number of benzene rings is 8. The maximum Gasteiger partial charge on any atom is 0.238 e. The molecule has 0 aliphatic heterocycles. The topological polar surface area (TPSA) is 69.9 Å². The number of hydrogen-bond donors (Lipinski definition) is 0. The third-order valence-corrected chi connectivity index (χ3v) is 10.3. The highest BCUT2D eigenvalue weighted by Crippen LogP contribution is 2.41. The number of furan rings is 2. The van der Waals surface area contributed by atoms with E-state index in [1.165, 1.54) is 0 Å². The minimum Gasteiger partial charge on any atom is -0.456 e. The summed E-state index contributed by atoms with van der Waals surface area (Å²) in [4.78, 5) is 15.2. The Balaban J connectivity index is 1.19. The molecule has 0 saturated carbocycles. The van der Waals surface area contributed by atoms with E-state index >= 15 is 0 Å². The first kappa shape index (κ1) is 22.5. The van der Waals surface area contributed by atoms with Crippen LogP contribution in [0.15, 0.2) is 191 Å². The van der Waals surface area contributed by atoms with Crippen molar-refractivity contribution in [2.75, 3.05) is 0 Å². The molecule has 0 bridgehead atoms. The smallest absolute Gasteiger partial charge is 0.238 e. The number of fused-ring (bicyclic) bond motifs is 9. The van der Waals surface area contributed by atoms with E-state index in [0.29, 0.717) is 11.1 Å². The van der Waals surface area contributed by atoms with E-state index in [-0.39, 0.29) is 50.7 Å². The highest BCUT2D eigenvalue weighted by molar-refractivity contribution is 6.17. The van der Waals surface area contributed by atoms with E-state index in [1.807, 2.05) is 120 Å². The van der Waals surface area contributed by atoms with Gasteiger partial charge in [-0.25, -0.2) is 4.98 Å². The largest absolute Gasteiger partial charge is 0.456 e. The van der Waals surface area contributed by atoms with Gasteiger partial charge in [0.2, 0.25) is 5.95 Å². The Labute approximate surface area is 341 Å². The first-order valence-corrected chi connectivity index (χ1v) is 18.1. The Bertz CT molecular complexity index is 4160. The van der Waals surface area contributed by atoms with Crippen LogP contribution in [0, 0.1) is 0 Å². The predicted molar refractivity (Wildman–Crippen MR) is 230 cm³/mol. The normalized spacial score (nSPS) is 14.6. The molecule has 8 aromatic carbocycles. The van der Waals surface area contributed by atoms with Crippen LogP contribution in [-0.4, -0.2) is 19.5 Å². The SMILES string of the molecule is [2H]c1c([2H])c([2H])c(-c2c([2H])c([2H])c([2H])c3oc4c([2H])c(-c5nc(-c6ccccc6-c6ccccc6)nc(-n6c7ccccc7c7cc8oc9ccccc9c8cc76)n5)c([2H])c([2H])c4c23)c([2H])c1[2H]. The molecule has 6 nitrogen and oxygen atoms in total. The summed E-state index contributed by atoms with van der Waals surface area (Å²) in [6.07, 6.45) is 0. The number of para-hydroxylation sites is 2. The van der Waals surface area contributed by atoms with E-state index in [1.54, 1.807) is 0 Å². The van der Waals surface area contributed by atoms with Gasteiger partial charge in [0.15, 0.2) is 11.6 Å². The van der Waals surface area contributed by atoms with Gasteiger partial charge in [-0.1, -0.05) is 139 Å². The molecular weight excluding hydrogens is 701 g/mol. The van der Waals surface area contributed by atoms with Crippen molar-refractivity contribution in [3.8, 4) is 51.0 Å². The Morgan fingerprint density at radius 3 is 2.07 bits per heavy atom. The van der Waals surface area contributed by atoms with Gasteiger partial charge in [0.25, 0.3) is 0 Å². The molecule has 0 atom stereocenters. The summed E-state index contributed by atoms with van der Waals surface area (Å²) in [6.45, 7) is 0. The van der Waals surface area contributed by atoms with Crippen LogP contribution in [0.3, 0.4) is 0 Å². The Kier molecular flexibility index (Phi) is 4.88. The zero-order chi connectivity index (χ0) is 47.0. The molecule has 0 spiro atoms. The van der Waals surface area contributed by atoms with Crippen molar-refractivity contribution in [3.05, 3.63) is 182 Å². The molecule has 0 unspecified atom stereocenters. The van der Waals surface area contributed by atoms with Crippen LogP contribution < -0.4 is 0 Å². The van der Waals surface area contributed by atoms with Gasteiger partial charge in [-0.3, -0.25) is 4.57 Å². The van der Waals surface area contributed by atoms with Gasteiger partial charge in [-0.15, -0.1) is 0 Å². The molecule has 0 amide bonds. The first-order valence-electron chi connectivity index (χ1n) is 23.6. The molecule has 4 heterocycles. The quantitative estimate of drug-likeness (QED) is 0.176. The summed E-state index contributed by atoms with van der Waals surface area (Å²) < 4.78 is 113. The zero-order valence-corrected chi connectivity index (χ0v) is 29.6. The van der Waals surface area contributed by atoms with Crippen LogP contribution in [-0.2, 0) is 0 Å². The molecule has 12 rings (SSSR count). The Hall–Kier alpha value is -7.83. The molecular formula is C51H30N4O2. The van der Waals surface area contributed by atoms with E-state index in [4.69, 9.17) is 34.8 Å². The summed E-state index contributed by atoms with van der Waals surface area (Å²) in [7, 11) is 0. The van der Waals surface area contributed by atoms with E-state index in [2.05, 4.69) is 0 Å². The average molecular weight is 742 g/mol. The van der Waals surface area contributed by atoms with E-state index in [0.717, 1.165) is 49.3 Å². The van der Waals surface area contributed by atoms with Crippen molar-refractivity contribution < 1.29 is 23.9 Å². The Morgan fingerprint density at radius 2 is 1.18 bits per heavy atom. The molecule has 57 heavy (non-hydrogen) atoms. The first-order chi connectivity index (χ1) is 32.8. The van der Waals surface area contributed by atoms with Crippen LogP contribution in [0.2, 0.25) is 0 Å². The average Bonchev–Trinajstić information content (AvgIpc) is 4.04. The fourth-order valence-electron chi connectivity index (χ4n) is 7.77. The Morgan fingerprint density at radius 1 is 0.421 bits per heavy atom. The molecule has 4 aromatic heterocycles. The van der Waals surface area contributed by atoms with E-state index < -0.39 is 72.0 Å². The van der Waals surface area contributed by atoms with E-state index in [9.17, 15) is 4.11 Å². The lowest BCUT2D eigenvalue weighted by molar-refractivity contribution is 0.669. The van der Waals surface area contributed by atoms with Crippen LogP contribution in [0.1, 0.15) is 15.1 Å². The molecule has 0 N–H and O–H groups in total. The maximum atomic E-state index is 9.76. The number of aromatic nitrogens is 4. The fraction of sp³-hybridized carbons (Fsp3) is 0. The van der Waals surface area contributed by atoms with Gasteiger partial charge in [-0.2, -0.15) is 9.97 Å². The summed E-state index contributed by atoms with van der Waals surface area (Å²) in [5.74, 6) is 0.171. The van der Waals surface area contributed by atoms with Crippen molar-refractivity contribution in [2.24, 2.45) is 0 Å². The van der Waals surface area contributed by atoms with Crippen molar-refractivity contribution in [1.82, 2.24) is 19.5 Å². The van der Waals surface area contributed by atoms with Crippen LogP contribution in [0.5, 0.6) is 0 Å². The minimum atomic E-state index is -0.695. The molecule has 0 fully saturated rings. The lowest BCUT2D eigenvalue weighted by Crippen LogP contribution is -2.06. The summed E-state index contributed by atoms with van der Waals surface area (Å²) in [6, 6.07) is 30.0. The van der Waals surface area contributed by atoms with Gasteiger partial charge in [0.1, 0.15) is 22.3 Å². The number of rotatable bonds is 5. The van der Waals surface area contributed by atoms with Gasteiger partial charge in [0, 0.05) is 43.4 Å². The van der Waals surface area contributed by atoms with Crippen molar-refractivity contribution in [1.29, 1.82) is 0 Å². The van der Waals surface area contributed by atoms with Gasteiger partial charge in [0.05, 0.1) is 26.1 Å². The number of hydrogen-bond acceptors (Lipinski definition) is 5. The van der Waals surface area contributed by atoms with Crippen molar-refractivity contribution >= 4 is 65.7 Å². The molecule has 12 aromatic rings. The molecule has 6 heteroatoms. The molecule has 0 radical (unpaired) electrons. The fourth-order valence-corrected chi connectivity index (χ4v) is 7.77. The van der Waals surface area contributed by atoms with Crippen LogP contribution in [0.4, 0.5) is 0 Å². The van der Waals surface area contributed by atoms with Gasteiger partial charge in [-0.05, 0) is 64.6 Å². The summed E-state index contributed by atoms with van der Waals surface area (Å²) >= 11 is 0. The number of nitrogens with zero attached hydrogens (tertiary/aromatic N) is 4. The standard InChI is InChI=1S/C51H30N4O2/c1-3-14-31(15-4-1)34-18-7-8-21-38(34)50-52-49(33-26-27-39-46(28-33)57-45-25-13-22-35(48(39)45)32-16-5-2-6-17-32)53-51(54-50)55-42-23-11-9-19-36(42)40-30-47-41(29-43(40)55)37-20-10-12-24-44(37)56-47/h1-30H/i2D,5D,6D,13D,16D,17D,22D,25D,26D,27D,28D. The third kappa shape index (κ3) is 4.94. The summed E-state index contributed by atoms with van der Waals surface area (Å²) in [5, 5.41) is 3.08. The lowest BCUT2D eigenvalue weighted by Gasteiger charge is -2.13. The molecule has 0 aliphatic rings. The third-order valence-electron chi connectivity index (χ3n) is 10.3. The van der Waals surface area contributed by atoms with Gasteiger partial charge < -0.3 is 8.83 Å². The molecule has 266 valence electrons. The van der Waals surface area contributed by atoms with Crippen molar-refractivity contribution in [3.63, 3.8) is 0 Å². The highest BCUT2D eigenvalue weighted by atomic mass is 16.3. The monoisotopic (exact) mass is 741 g/mol. The lowest BCUT2D eigenvalue weighted by atomic mass is 9.99. The minimum absolute atomic E-state index is 0.135. The molecule has 0 saturated heterocycles. The van der Waals surface area contributed by atoms with Crippen LogP contribution >= 0.6 is 0 Å². The maximum absolute atomic E-state index is 9.76. The molecule has 0 aliphatic carbocycles. The van der Waals surface area contributed by atoms with Crippen LogP contribution in [0.25, 0.3) is 117 Å². The zero-order valence-electron chi connectivity index (χ0n) is 40.6. The van der Waals surface area contributed by atoms with Crippen molar-refractivity contribution in [2.45, 2.75) is 0 Å².